The lowest BCUT2D eigenvalue weighted by atomic mass is 10.0. The molecule has 6 heteroatoms. The van der Waals surface area contributed by atoms with Gasteiger partial charge in [-0.25, -0.2) is 4.98 Å². The molecule has 0 bridgehead atoms. The first-order chi connectivity index (χ1) is 9.06. The van der Waals surface area contributed by atoms with Crippen molar-refractivity contribution in [1.29, 1.82) is 0 Å². The summed E-state index contributed by atoms with van der Waals surface area (Å²) in [7, 11) is 0. The number of nitrogens with zero attached hydrogens (tertiary/aromatic N) is 2. The Labute approximate surface area is 120 Å². The van der Waals surface area contributed by atoms with Crippen LogP contribution in [0.25, 0.3) is 0 Å². The average molecular weight is 326 g/mol. The number of pyridine rings is 1. The van der Waals surface area contributed by atoms with E-state index in [0.717, 1.165) is 12.8 Å². The molecule has 0 unspecified atom stereocenters. The Morgan fingerprint density at radius 1 is 1.37 bits per heavy atom. The molecular weight excluding hydrogens is 310 g/mol. The predicted molar refractivity (Wildman–Crippen MR) is 74.7 cm³/mol. The smallest absolute Gasteiger partial charge is 0.255 e. The molecule has 1 aromatic heterocycles. The third kappa shape index (κ3) is 3.76. The van der Waals surface area contributed by atoms with Gasteiger partial charge in [-0.05, 0) is 40.9 Å². The maximum absolute atomic E-state index is 12.2. The minimum Gasteiger partial charge on any atom is -0.353 e. The fourth-order valence-electron chi connectivity index (χ4n) is 2.20. The summed E-state index contributed by atoms with van der Waals surface area (Å²) >= 11 is 3.25. The van der Waals surface area contributed by atoms with Crippen molar-refractivity contribution in [2.45, 2.75) is 25.8 Å². The lowest BCUT2D eigenvalue weighted by Crippen LogP contribution is -2.46. The molecule has 1 aromatic rings. The molecule has 0 spiro atoms. The number of amides is 2. The lowest BCUT2D eigenvalue weighted by Gasteiger charge is -2.32. The number of carbonyl (C=O) groups excluding carboxylic acids is 2. The molecule has 1 aliphatic heterocycles. The van der Waals surface area contributed by atoms with Gasteiger partial charge < -0.3 is 10.2 Å². The largest absolute Gasteiger partial charge is 0.353 e. The number of aromatic nitrogens is 1. The quantitative estimate of drug-likeness (QED) is 0.840. The maximum Gasteiger partial charge on any atom is 0.255 e. The minimum atomic E-state index is -0.0121. The summed E-state index contributed by atoms with van der Waals surface area (Å²) in [4.78, 5) is 29.1. The highest BCUT2D eigenvalue weighted by Gasteiger charge is 2.24. The van der Waals surface area contributed by atoms with E-state index in [9.17, 15) is 9.59 Å². The molecule has 5 nitrogen and oxygen atoms in total. The molecule has 0 saturated carbocycles. The van der Waals surface area contributed by atoms with Gasteiger partial charge in [0.05, 0.1) is 5.56 Å². The van der Waals surface area contributed by atoms with Crippen molar-refractivity contribution in [3.8, 4) is 0 Å². The summed E-state index contributed by atoms with van der Waals surface area (Å²) in [6, 6.07) is 3.71. The van der Waals surface area contributed by atoms with E-state index < -0.39 is 0 Å². The lowest BCUT2D eigenvalue weighted by molar-refractivity contribution is -0.119. The van der Waals surface area contributed by atoms with E-state index in [-0.39, 0.29) is 17.9 Å². The fourth-order valence-corrected chi connectivity index (χ4v) is 2.43. The van der Waals surface area contributed by atoms with Crippen LogP contribution in [0.15, 0.2) is 22.9 Å². The van der Waals surface area contributed by atoms with Gasteiger partial charge in [0.25, 0.3) is 5.91 Å². The van der Waals surface area contributed by atoms with Crippen LogP contribution in [0.4, 0.5) is 0 Å². The Hall–Kier alpha value is -1.43. The molecule has 1 saturated heterocycles. The number of piperidine rings is 1. The van der Waals surface area contributed by atoms with Gasteiger partial charge in [0.15, 0.2) is 0 Å². The zero-order valence-corrected chi connectivity index (χ0v) is 12.3. The van der Waals surface area contributed by atoms with Crippen molar-refractivity contribution in [3.63, 3.8) is 0 Å². The van der Waals surface area contributed by atoms with Gasteiger partial charge >= 0.3 is 0 Å². The second-order valence-corrected chi connectivity index (χ2v) is 5.45. The molecule has 2 amide bonds. The molecule has 2 heterocycles. The Morgan fingerprint density at radius 3 is 2.58 bits per heavy atom. The van der Waals surface area contributed by atoms with E-state index >= 15 is 0 Å². The van der Waals surface area contributed by atoms with Crippen LogP contribution in [0.2, 0.25) is 0 Å². The third-order valence-electron chi connectivity index (χ3n) is 3.16. The molecule has 0 aliphatic carbocycles. The van der Waals surface area contributed by atoms with Gasteiger partial charge in [0.2, 0.25) is 5.91 Å². The fraction of sp³-hybridized carbons (Fsp3) is 0.462. The van der Waals surface area contributed by atoms with Crippen LogP contribution in [0.3, 0.4) is 0 Å². The molecule has 0 atom stereocenters. The molecule has 0 radical (unpaired) electrons. The zero-order chi connectivity index (χ0) is 13.8. The summed E-state index contributed by atoms with van der Waals surface area (Å²) in [6.07, 6.45) is 3.18. The molecule has 19 heavy (non-hydrogen) atoms. The van der Waals surface area contributed by atoms with Gasteiger partial charge in [-0.15, -0.1) is 0 Å². The van der Waals surface area contributed by atoms with E-state index in [1.54, 1.807) is 18.3 Å². The first-order valence-electron chi connectivity index (χ1n) is 6.24. The number of rotatable bonds is 2. The van der Waals surface area contributed by atoms with Gasteiger partial charge in [-0.1, -0.05) is 0 Å². The van der Waals surface area contributed by atoms with Crippen LogP contribution in [0, 0.1) is 0 Å². The molecule has 1 aliphatic rings. The molecular formula is C13H16BrN3O2. The van der Waals surface area contributed by atoms with E-state index in [1.165, 1.54) is 6.92 Å². The predicted octanol–water partition coefficient (Wildman–Crippen LogP) is 1.58. The maximum atomic E-state index is 12.2. The van der Waals surface area contributed by atoms with Crippen molar-refractivity contribution in [2.75, 3.05) is 13.1 Å². The van der Waals surface area contributed by atoms with Crippen LogP contribution in [0.5, 0.6) is 0 Å². The van der Waals surface area contributed by atoms with Crippen LogP contribution < -0.4 is 5.32 Å². The van der Waals surface area contributed by atoms with Crippen LogP contribution in [-0.2, 0) is 4.79 Å². The van der Waals surface area contributed by atoms with Gasteiger partial charge in [-0.2, -0.15) is 0 Å². The second kappa shape index (κ2) is 6.14. The van der Waals surface area contributed by atoms with Crippen LogP contribution in [0.1, 0.15) is 30.1 Å². The van der Waals surface area contributed by atoms with Crippen molar-refractivity contribution in [3.05, 3.63) is 28.5 Å². The first-order valence-corrected chi connectivity index (χ1v) is 7.03. The minimum absolute atomic E-state index is 0.00118. The van der Waals surface area contributed by atoms with E-state index in [2.05, 4.69) is 26.2 Å². The molecule has 1 N–H and O–H groups in total. The Bertz CT molecular complexity index is 467. The number of carbonyl (C=O) groups is 2. The second-order valence-electron chi connectivity index (χ2n) is 4.64. The molecule has 2 rings (SSSR count). The summed E-state index contributed by atoms with van der Waals surface area (Å²) in [6.45, 7) is 2.85. The summed E-state index contributed by atoms with van der Waals surface area (Å²) < 4.78 is 0.716. The number of halogens is 1. The topological polar surface area (TPSA) is 62.3 Å². The van der Waals surface area contributed by atoms with Gasteiger partial charge in [0, 0.05) is 32.3 Å². The zero-order valence-electron chi connectivity index (χ0n) is 10.7. The molecule has 1 fully saturated rings. The van der Waals surface area contributed by atoms with Crippen molar-refractivity contribution < 1.29 is 9.59 Å². The summed E-state index contributed by atoms with van der Waals surface area (Å²) in [5.41, 5.74) is 0.598. The van der Waals surface area contributed by atoms with E-state index in [1.807, 2.05) is 4.90 Å². The van der Waals surface area contributed by atoms with Crippen LogP contribution in [-0.4, -0.2) is 40.8 Å². The van der Waals surface area contributed by atoms with Crippen molar-refractivity contribution in [2.24, 2.45) is 0 Å². The normalized spacial score (nSPS) is 16.2. The SMILES string of the molecule is CC(=O)NC1CCN(C(=O)c2ccc(Br)nc2)CC1. The highest BCUT2D eigenvalue weighted by Crippen LogP contribution is 2.14. The van der Waals surface area contributed by atoms with Crippen molar-refractivity contribution in [1.82, 2.24) is 15.2 Å². The van der Waals surface area contributed by atoms with Crippen molar-refractivity contribution >= 4 is 27.7 Å². The Morgan fingerprint density at radius 2 is 2.05 bits per heavy atom. The number of nitrogens with one attached hydrogen (secondary N) is 1. The van der Waals surface area contributed by atoms with E-state index in [4.69, 9.17) is 0 Å². The Kier molecular flexibility index (Phi) is 4.52. The number of hydrogen-bond acceptors (Lipinski definition) is 3. The third-order valence-corrected chi connectivity index (χ3v) is 3.63. The van der Waals surface area contributed by atoms with Gasteiger partial charge in [-0.3, -0.25) is 9.59 Å². The number of likely N-dealkylation sites (tertiary alicyclic amines) is 1. The highest BCUT2D eigenvalue weighted by molar-refractivity contribution is 9.10. The van der Waals surface area contributed by atoms with Crippen LogP contribution >= 0.6 is 15.9 Å². The average Bonchev–Trinajstić information content (AvgIpc) is 2.39. The number of hydrogen-bond donors (Lipinski definition) is 1. The summed E-state index contributed by atoms with van der Waals surface area (Å²) in [5.74, 6) is -0.0110. The molecule has 102 valence electrons. The highest BCUT2D eigenvalue weighted by atomic mass is 79.9. The molecule has 0 aromatic carbocycles. The first kappa shape index (κ1) is 14.0. The van der Waals surface area contributed by atoms with Gasteiger partial charge in [0.1, 0.15) is 4.60 Å². The standard InChI is InChI=1S/C13H16BrN3O2/c1-9(18)16-11-4-6-17(7-5-11)13(19)10-2-3-12(14)15-8-10/h2-3,8,11H,4-7H2,1H3,(H,16,18). The monoisotopic (exact) mass is 325 g/mol. The summed E-state index contributed by atoms with van der Waals surface area (Å²) in [5, 5.41) is 2.89. The van der Waals surface area contributed by atoms with E-state index in [0.29, 0.717) is 23.3 Å². The Balaban J connectivity index is 1.92.